The molecule has 0 saturated heterocycles. The number of carbonyl (C=O) groups excluding carboxylic acids is 2. The third-order valence-electron chi connectivity index (χ3n) is 2.49. The Morgan fingerprint density at radius 1 is 0.900 bits per heavy atom. The maximum Gasteiger partial charge on any atom is 0.311 e. The van der Waals surface area contributed by atoms with Crippen LogP contribution in [0.5, 0.6) is 0 Å². The molecule has 0 fully saturated rings. The fourth-order valence-electron chi connectivity index (χ4n) is 1.68. The van der Waals surface area contributed by atoms with Gasteiger partial charge in [-0.3, -0.25) is 19.2 Å². The Hall–Kier alpha value is -2.27. The summed E-state index contributed by atoms with van der Waals surface area (Å²) in [5.74, 6) is -0.260. The molecule has 0 aliphatic heterocycles. The maximum atomic E-state index is 12.3. The van der Waals surface area contributed by atoms with Crippen LogP contribution in [0.4, 0.5) is 16.2 Å². The molecule has 20 heavy (non-hydrogen) atoms. The largest absolute Gasteiger partial charge is 0.311 e. The average Bonchev–Trinajstić information content (AvgIpc) is 2.48. The molecule has 0 spiro atoms. The first-order valence-corrected chi connectivity index (χ1v) is 6.88. The van der Waals surface area contributed by atoms with E-state index in [2.05, 4.69) is 4.72 Å². The molecule has 2 aromatic carbocycles. The Bertz CT molecular complexity index is 548. The van der Waals surface area contributed by atoms with Crippen molar-refractivity contribution in [1.29, 1.82) is 0 Å². The molecular formula is C15H14N2O2S. The maximum absolute atomic E-state index is 12.3. The van der Waals surface area contributed by atoms with E-state index in [0.717, 1.165) is 23.3 Å². The molecule has 0 heterocycles. The molecule has 0 radical (unpaired) electrons. The van der Waals surface area contributed by atoms with Crippen LogP contribution in [0.3, 0.4) is 0 Å². The van der Waals surface area contributed by atoms with Crippen LogP contribution in [-0.2, 0) is 4.79 Å². The summed E-state index contributed by atoms with van der Waals surface area (Å²) < 4.78 is 2.45. The zero-order valence-corrected chi connectivity index (χ0v) is 11.8. The molecular weight excluding hydrogens is 272 g/mol. The van der Waals surface area contributed by atoms with E-state index in [1.54, 1.807) is 4.90 Å². The molecule has 5 heteroatoms. The number of rotatable bonds is 2. The van der Waals surface area contributed by atoms with E-state index < -0.39 is 0 Å². The SMILES string of the molecule is CC(=O)NSC(=O)N(c1ccccc1)c1ccccc1. The number of nitrogens with one attached hydrogen (secondary N) is 1. The zero-order valence-electron chi connectivity index (χ0n) is 10.9. The molecule has 2 aromatic rings. The molecule has 0 bridgehead atoms. The van der Waals surface area contributed by atoms with E-state index in [1.165, 1.54) is 6.92 Å². The van der Waals surface area contributed by atoms with Gasteiger partial charge in [-0.15, -0.1) is 0 Å². The van der Waals surface area contributed by atoms with Gasteiger partial charge >= 0.3 is 5.24 Å². The van der Waals surface area contributed by atoms with Gasteiger partial charge in [0.1, 0.15) is 0 Å². The lowest BCUT2D eigenvalue weighted by Gasteiger charge is -2.22. The van der Waals surface area contributed by atoms with Crippen molar-refractivity contribution >= 4 is 34.5 Å². The average molecular weight is 286 g/mol. The number of carbonyl (C=O) groups is 2. The first-order valence-electron chi connectivity index (χ1n) is 6.06. The minimum absolute atomic E-state index is 0.260. The van der Waals surface area contributed by atoms with Crippen LogP contribution in [0.2, 0.25) is 0 Å². The Morgan fingerprint density at radius 3 is 1.75 bits per heavy atom. The summed E-state index contributed by atoms with van der Waals surface area (Å²) in [7, 11) is 0. The second-order valence-electron chi connectivity index (χ2n) is 4.03. The highest BCUT2D eigenvalue weighted by molar-refractivity contribution is 8.12. The molecule has 0 saturated carbocycles. The van der Waals surface area contributed by atoms with E-state index in [-0.39, 0.29) is 11.1 Å². The summed E-state index contributed by atoms with van der Waals surface area (Å²) in [6, 6.07) is 18.6. The van der Waals surface area contributed by atoms with E-state index in [4.69, 9.17) is 0 Å². The van der Waals surface area contributed by atoms with Crippen LogP contribution in [0.25, 0.3) is 0 Å². The molecule has 0 unspecified atom stereocenters. The Morgan fingerprint density at radius 2 is 1.35 bits per heavy atom. The number of amides is 2. The van der Waals surface area contributed by atoms with Gasteiger partial charge in [0.25, 0.3) is 0 Å². The van der Waals surface area contributed by atoms with Gasteiger partial charge in [-0.1, -0.05) is 36.4 Å². The van der Waals surface area contributed by atoms with Gasteiger partial charge < -0.3 is 0 Å². The third kappa shape index (κ3) is 3.61. The van der Waals surface area contributed by atoms with Crippen LogP contribution >= 0.6 is 11.9 Å². The number of hydrogen-bond acceptors (Lipinski definition) is 3. The number of para-hydroxylation sites is 2. The highest BCUT2D eigenvalue weighted by Crippen LogP contribution is 2.27. The second-order valence-corrected chi connectivity index (χ2v) is 4.79. The van der Waals surface area contributed by atoms with Gasteiger partial charge in [0.15, 0.2) is 0 Å². The molecule has 1 N–H and O–H groups in total. The van der Waals surface area contributed by atoms with Crippen LogP contribution in [0.1, 0.15) is 6.92 Å². The smallest absolute Gasteiger partial charge is 0.292 e. The van der Waals surface area contributed by atoms with Crippen molar-refractivity contribution in [1.82, 2.24) is 4.72 Å². The van der Waals surface area contributed by atoms with Crippen molar-refractivity contribution in [2.24, 2.45) is 0 Å². The van der Waals surface area contributed by atoms with Gasteiger partial charge in [0, 0.05) is 18.3 Å². The van der Waals surface area contributed by atoms with Gasteiger partial charge in [-0.25, -0.2) is 0 Å². The lowest BCUT2D eigenvalue weighted by molar-refractivity contribution is -0.117. The summed E-state index contributed by atoms with van der Waals surface area (Å²) in [6.07, 6.45) is 0. The quantitative estimate of drug-likeness (QED) is 0.856. The lowest BCUT2D eigenvalue weighted by Crippen LogP contribution is -2.25. The number of hydrogen-bond donors (Lipinski definition) is 1. The molecule has 2 amide bonds. The highest BCUT2D eigenvalue weighted by atomic mass is 32.2. The van der Waals surface area contributed by atoms with Gasteiger partial charge in [0.05, 0.1) is 11.9 Å². The number of benzene rings is 2. The van der Waals surface area contributed by atoms with Crippen molar-refractivity contribution in [3.8, 4) is 0 Å². The molecule has 0 atom stereocenters. The normalized spacial score (nSPS) is 9.85. The van der Waals surface area contributed by atoms with E-state index in [9.17, 15) is 9.59 Å². The first-order chi connectivity index (χ1) is 9.68. The molecule has 0 aromatic heterocycles. The molecule has 102 valence electrons. The third-order valence-corrected chi connectivity index (χ3v) is 3.24. The Kier molecular flexibility index (Phi) is 4.79. The second kappa shape index (κ2) is 6.77. The van der Waals surface area contributed by atoms with Gasteiger partial charge in [-0.05, 0) is 24.3 Å². The van der Waals surface area contributed by atoms with Crippen LogP contribution < -0.4 is 9.62 Å². The predicted molar refractivity (Wildman–Crippen MR) is 81.8 cm³/mol. The number of anilines is 2. The Labute approximate surface area is 121 Å². The first kappa shape index (κ1) is 14.1. The minimum Gasteiger partial charge on any atom is -0.292 e. The monoisotopic (exact) mass is 286 g/mol. The minimum atomic E-state index is -0.266. The molecule has 2 rings (SSSR count). The van der Waals surface area contributed by atoms with Crippen molar-refractivity contribution < 1.29 is 9.59 Å². The van der Waals surface area contributed by atoms with Crippen molar-refractivity contribution in [3.63, 3.8) is 0 Å². The number of nitrogens with zero attached hydrogens (tertiary/aromatic N) is 1. The van der Waals surface area contributed by atoms with Gasteiger partial charge in [0.2, 0.25) is 5.91 Å². The van der Waals surface area contributed by atoms with Crippen LogP contribution in [0.15, 0.2) is 60.7 Å². The van der Waals surface area contributed by atoms with Crippen LogP contribution in [-0.4, -0.2) is 11.1 Å². The summed E-state index contributed by atoms with van der Waals surface area (Å²) >= 11 is 0.770. The molecule has 0 aliphatic carbocycles. The van der Waals surface area contributed by atoms with E-state index >= 15 is 0 Å². The summed E-state index contributed by atoms with van der Waals surface area (Å²) in [5.41, 5.74) is 1.50. The van der Waals surface area contributed by atoms with E-state index in [0.29, 0.717) is 0 Å². The lowest BCUT2D eigenvalue weighted by atomic mass is 10.2. The van der Waals surface area contributed by atoms with Crippen molar-refractivity contribution in [2.45, 2.75) is 6.92 Å². The molecule has 4 nitrogen and oxygen atoms in total. The standard InChI is InChI=1S/C15H14N2O2S/c1-12(18)16-20-15(19)17(13-8-4-2-5-9-13)14-10-6-3-7-11-14/h2-11H,1H3,(H,16,18). The zero-order chi connectivity index (χ0) is 14.4. The molecule has 0 aliphatic rings. The van der Waals surface area contributed by atoms with Gasteiger partial charge in [-0.2, -0.15) is 0 Å². The van der Waals surface area contributed by atoms with Crippen LogP contribution in [0, 0.1) is 0 Å². The Balaban J connectivity index is 2.30. The highest BCUT2D eigenvalue weighted by Gasteiger charge is 2.18. The predicted octanol–water partition coefficient (Wildman–Crippen LogP) is 3.73. The summed E-state index contributed by atoms with van der Waals surface area (Å²) in [5, 5.41) is -0.266. The van der Waals surface area contributed by atoms with Crippen molar-refractivity contribution in [2.75, 3.05) is 4.90 Å². The fraction of sp³-hybridized carbons (Fsp3) is 0.0667. The van der Waals surface area contributed by atoms with Crippen molar-refractivity contribution in [3.05, 3.63) is 60.7 Å². The topological polar surface area (TPSA) is 49.4 Å². The summed E-state index contributed by atoms with van der Waals surface area (Å²) in [4.78, 5) is 24.8. The van der Waals surface area contributed by atoms with E-state index in [1.807, 2.05) is 60.7 Å². The summed E-state index contributed by atoms with van der Waals surface area (Å²) in [6.45, 7) is 1.37. The fourth-order valence-corrected chi connectivity index (χ4v) is 2.21.